The molecule has 1 N–H and O–H groups in total. The van der Waals surface area contributed by atoms with E-state index in [4.69, 9.17) is 0 Å². The number of nitrogens with one attached hydrogen (secondary N) is 1. The van der Waals surface area contributed by atoms with Gasteiger partial charge in [0.05, 0.1) is 0 Å². The molecule has 2 unspecified atom stereocenters. The summed E-state index contributed by atoms with van der Waals surface area (Å²) < 4.78 is 1.54. The van der Waals surface area contributed by atoms with Crippen molar-refractivity contribution in [2.75, 3.05) is 30.4 Å². The summed E-state index contributed by atoms with van der Waals surface area (Å²) in [6.07, 6.45) is 4.33. The average Bonchev–Trinajstić information content (AvgIpc) is 2.95. The largest absolute Gasteiger partial charge is 0.354 e. The van der Waals surface area contributed by atoms with E-state index in [0.717, 1.165) is 24.9 Å². The van der Waals surface area contributed by atoms with Crippen molar-refractivity contribution in [1.29, 1.82) is 0 Å². The summed E-state index contributed by atoms with van der Waals surface area (Å²) in [4.78, 5) is 19.3. The van der Waals surface area contributed by atoms with E-state index in [2.05, 4.69) is 42.2 Å². The van der Waals surface area contributed by atoms with Crippen LogP contribution in [0.3, 0.4) is 0 Å². The van der Waals surface area contributed by atoms with Gasteiger partial charge in [0.15, 0.2) is 0 Å². The Hall–Kier alpha value is -2.25. The molecule has 0 spiro atoms. The topological polar surface area (TPSA) is 84.7 Å². The highest BCUT2D eigenvalue weighted by Gasteiger charge is 2.33. The van der Waals surface area contributed by atoms with Crippen LogP contribution in [0, 0.1) is 11.8 Å². The zero-order valence-electron chi connectivity index (χ0n) is 12.6. The second-order valence-electron chi connectivity index (χ2n) is 5.48. The smallest absolute Gasteiger partial charge is 0.258 e. The first-order valence-electron chi connectivity index (χ1n) is 7.23. The molecule has 8 heteroatoms. The van der Waals surface area contributed by atoms with Gasteiger partial charge < -0.3 is 10.2 Å². The summed E-state index contributed by atoms with van der Waals surface area (Å²) in [5.41, 5.74) is 0. The molecule has 0 aromatic carbocycles. The van der Waals surface area contributed by atoms with Crippen LogP contribution in [0.5, 0.6) is 0 Å². The van der Waals surface area contributed by atoms with Crippen LogP contribution in [-0.4, -0.2) is 49.9 Å². The molecule has 2 aromatic heterocycles. The van der Waals surface area contributed by atoms with Crippen molar-refractivity contribution in [3.05, 3.63) is 12.7 Å². The van der Waals surface area contributed by atoms with Gasteiger partial charge in [-0.15, -0.1) is 0 Å². The lowest BCUT2D eigenvalue weighted by molar-refractivity contribution is 0.702. The lowest BCUT2D eigenvalue weighted by Crippen LogP contribution is -2.24. The lowest BCUT2D eigenvalue weighted by atomic mass is 10.3. The van der Waals surface area contributed by atoms with Gasteiger partial charge in [0, 0.05) is 20.1 Å². The van der Waals surface area contributed by atoms with Crippen LogP contribution in [0.2, 0.25) is 0 Å². The van der Waals surface area contributed by atoms with E-state index >= 15 is 0 Å². The normalized spacial score (nSPS) is 20.3. The predicted octanol–water partition coefficient (Wildman–Crippen LogP) is 0.976. The highest BCUT2D eigenvalue weighted by atomic mass is 15.4. The van der Waals surface area contributed by atoms with E-state index in [1.54, 1.807) is 11.0 Å². The molecule has 0 aliphatic heterocycles. The van der Waals surface area contributed by atoms with Crippen LogP contribution in [0.15, 0.2) is 12.7 Å². The number of aromatic nitrogens is 6. The summed E-state index contributed by atoms with van der Waals surface area (Å²) in [5.74, 6) is 3.24. The number of nitrogens with zero attached hydrogens (tertiary/aromatic N) is 7. The fourth-order valence-corrected chi connectivity index (χ4v) is 2.26. The van der Waals surface area contributed by atoms with Gasteiger partial charge >= 0.3 is 0 Å². The highest BCUT2D eigenvalue weighted by molar-refractivity contribution is 5.39. The molecule has 1 fully saturated rings. The maximum atomic E-state index is 4.49. The Balaban J connectivity index is 1.87. The van der Waals surface area contributed by atoms with Crippen molar-refractivity contribution in [3.8, 4) is 5.95 Å². The first-order chi connectivity index (χ1) is 10.2. The molecule has 21 heavy (non-hydrogen) atoms. The maximum absolute atomic E-state index is 4.49. The standard InChI is InChI=1S/C13H20N8/c1-4-15-11-17-12(20(3)6-10-5-9(10)2)19-13(18-11)21-8-14-7-16-21/h7-10H,4-6H2,1-3H3,(H,15,17,18,19). The van der Waals surface area contributed by atoms with Crippen LogP contribution in [0.25, 0.3) is 5.95 Å². The molecule has 0 radical (unpaired) electrons. The minimum absolute atomic E-state index is 0.476. The van der Waals surface area contributed by atoms with Crippen LogP contribution < -0.4 is 10.2 Å². The van der Waals surface area contributed by atoms with Crippen molar-refractivity contribution < 1.29 is 0 Å². The molecule has 1 aliphatic rings. The first-order valence-corrected chi connectivity index (χ1v) is 7.23. The van der Waals surface area contributed by atoms with Crippen LogP contribution in [0.4, 0.5) is 11.9 Å². The van der Waals surface area contributed by atoms with E-state index in [9.17, 15) is 0 Å². The van der Waals surface area contributed by atoms with E-state index in [0.29, 0.717) is 17.8 Å². The van der Waals surface area contributed by atoms with Crippen LogP contribution in [-0.2, 0) is 0 Å². The Labute approximate surface area is 123 Å². The zero-order chi connectivity index (χ0) is 14.8. The molecule has 0 amide bonds. The molecule has 112 valence electrons. The molecule has 8 nitrogen and oxygen atoms in total. The minimum Gasteiger partial charge on any atom is -0.354 e. The van der Waals surface area contributed by atoms with Gasteiger partial charge in [-0.3, -0.25) is 0 Å². The molecule has 2 atom stereocenters. The monoisotopic (exact) mass is 288 g/mol. The number of rotatable bonds is 6. The molecule has 1 aliphatic carbocycles. The second kappa shape index (κ2) is 5.63. The molecule has 3 rings (SSSR count). The predicted molar refractivity (Wildman–Crippen MR) is 79.4 cm³/mol. The molecule has 0 bridgehead atoms. The molecule has 2 heterocycles. The Bertz CT molecular complexity index is 596. The molecule has 2 aromatic rings. The molecular weight excluding hydrogens is 268 g/mol. The van der Waals surface area contributed by atoms with Gasteiger partial charge in [0.1, 0.15) is 12.7 Å². The van der Waals surface area contributed by atoms with E-state index in [1.807, 2.05) is 14.0 Å². The van der Waals surface area contributed by atoms with Crippen molar-refractivity contribution in [3.63, 3.8) is 0 Å². The van der Waals surface area contributed by atoms with E-state index < -0.39 is 0 Å². The highest BCUT2D eigenvalue weighted by Crippen LogP contribution is 2.38. The third-order valence-corrected chi connectivity index (χ3v) is 3.70. The number of hydrogen-bond acceptors (Lipinski definition) is 7. The third-order valence-electron chi connectivity index (χ3n) is 3.70. The van der Waals surface area contributed by atoms with Crippen LogP contribution in [0.1, 0.15) is 20.3 Å². The first kappa shape index (κ1) is 13.7. The van der Waals surface area contributed by atoms with Crippen LogP contribution >= 0.6 is 0 Å². The number of anilines is 2. The van der Waals surface area contributed by atoms with Gasteiger partial charge in [-0.25, -0.2) is 4.98 Å². The molecule has 1 saturated carbocycles. The van der Waals surface area contributed by atoms with Gasteiger partial charge in [0.25, 0.3) is 5.95 Å². The van der Waals surface area contributed by atoms with Crippen molar-refractivity contribution in [2.45, 2.75) is 20.3 Å². The summed E-state index contributed by atoms with van der Waals surface area (Å²) >= 11 is 0. The Kier molecular flexibility index (Phi) is 3.68. The minimum atomic E-state index is 0.476. The van der Waals surface area contributed by atoms with Gasteiger partial charge in [-0.2, -0.15) is 24.7 Å². The summed E-state index contributed by atoms with van der Waals surface area (Å²) in [6.45, 7) is 6.00. The Morgan fingerprint density at radius 2 is 2.19 bits per heavy atom. The zero-order valence-corrected chi connectivity index (χ0v) is 12.6. The van der Waals surface area contributed by atoms with Crippen molar-refractivity contribution in [2.24, 2.45) is 11.8 Å². The third kappa shape index (κ3) is 3.09. The quantitative estimate of drug-likeness (QED) is 0.848. The average molecular weight is 288 g/mol. The molecular formula is C13H20N8. The summed E-state index contributed by atoms with van der Waals surface area (Å²) in [7, 11) is 2.02. The fourth-order valence-electron chi connectivity index (χ4n) is 2.26. The Morgan fingerprint density at radius 1 is 1.38 bits per heavy atom. The Morgan fingerprint density at radius 3 is 2.81 bits per heavy atom. The summed E-state index contributed by atoms with van der Waals surface area (Å²) in [6, 6.07) is 0. The SMILES string of the molecule is CCNc1nc(N(C)CC2CC2C)nc(-n2cncn2)n1. The lowest BCUT2D eigenvalue weighted by Gasteiger charge is -2.18. The second-order valence-corrected chi connectivity index (χ2v) is 5.48. The van der Waals surface area contributed by atoms with Gasteiger partial charge in [-0.1, -0.05) is 6.92 Å². The summed E-state index contributed by atoms with van der Waals surface area (Å²) in [5, 5.41) is 7.21. The van der Waals surface area contributed by atoms with Crippen molar-refractivity contribution >= 4 is 11.9 Å². The van der Waals surface area contributed by atoms with E-state index in [-0.39, 0.29) is 0 Å². The van der Waals surface area contributed by atoms with E-state index in [1.165, 1.54) is 12.7 Å². The molecule has 0 saturated heterocycles. The van der Waals surface area contributed by atoms with Crippen molar-refractivity contribution in [1.82, 2.24) is 29.7 Å². The van der Waals surface area contributed by atoms with Gasteiger partial charge in [-0.05, 0) is 25.2 Å². The fraction of sp³-hybridized carbons (Fsp3) is 0.615. The number of hydrogen-bond donors (Lipinski definition) is 1. The maximum Gasteiger partial charge on any atom is 0.258 e. The van der Waals surface area contributed by atoms with Gasteiger partial charge in [0.2, 0.25) is 11.9 Å².